The van der Waals surface area contributed by atoms with Gasteiger partial charge in [-0.2, -0.15) is 0 Å². The summed E-state index contributed by atoms with van der Waals surface area (Å²) in [5, 5.41) is 0.513. The maximum Gasteiger partial charge on any atom is 0.320 e. The molecule has 150 valence electrons. The normalized spacial score (nSPS) is 11.8. The molecule has 3 rings (SSSR count). The molecule has 0 aromatic heterocycles. The minimum absolute atomic E-state index is 0.177. The van der Waals surface area contributed by atoms with Gasteiger partial charge in [0.05, 0.1) is 10.9 Å². The largest absolute Gasteiger partial charge is 0.490 e. The second kappa shape index (κ2) is 11.4. The van der Waals surface area contributed by atoms with Crippen molar-refractivity contribution in [1.82, 2.24) is 0 Å². The van der Waals surface area contributed by atoms with Crippen molar-refractivity contribution in [2.45, 2.75) is 19.5 Å². The summed E-state index contributed by atoms with van der Waals surface area (Å²) >= 11 is 6.47. The molecule has 0 aliphatic carbocycles. The molecule has 0 saturated carbocycles. The lowest BCUT2D eigenvalue weighted by Gasteiger charge is -2.10. The van der Waals surface area contributed by atoms with Gasteiger partial charge in [0.25, 0.3) is 0 Å². The number of rotatable bonds is 9. The Kier molecular flexibility index (Phi) is 8.65. The zero-order valence-corrected chi connectivity index (χ0v) is 19.7. The summed E-state index contributed by atoms with van der Waals surface area (Å²) in [7, 11) is -0.177. The van der Waals surface area contributed by atoms with Crippen molar-refractivity contribution in [3.8, 4) is 5.75 Å². The molecule has 0 heterocycles. The van der Waals surface area contributed by atoms with E-state index in [2.05, 4.69) is 92.5 Å². The van der Waals surface area contributed by atoms with E-state index in [9.17, 15) is 4.79 Å². The Labute approximate surface area is 191 Å². The second-order valence-electron chi connectivity index (χ2n) is 6.04. The van der Waals surface area contributed by atoms with Gasteiger partial charge in [0, 0.05) is 5.33 Å². The molecule has 1 atom stereocenters. The Balaban J connectivity index is 1.66. The van der Waals surface area contributed by atoms with Crippen molar-refractivity contribution in [3.05, 3.63) is 84.9 Å². The van der Waals surface area contributed by atoms with Crippen LogP contribution in [0.4, 0.5) is 0 Å². The van der Waals surface area contributed by atoms with Crippen LogP contribution in [-0.2, 0) is 20.4 Å². The molecule has 0 amide bonds. The van der Waals surface area contributed by atoms with E-state index < -0.39 is 0 Å². The first kappa shape index (κ1) is 21.9. The molecule has 0 fully saturated rings. The molecule has 1 unspecified atom stereocenters. The summed E-state index contributed by atoms with van der Waals surface area (Å²) < 4.78 is 10.9. The first-order valence-electron chi connectivity index (χ1n) is 9.13. The number of alkyl halides is 2. The topological polar surface area (TPSA) is 35.5 Å². The molecule has 0 bridgehead atoms. The third-order valence-electron chi connectivity index (χ3n) is 4.00. The van der Waals surface area contributed by atoms with Crippen molar-refractivity contribution in [2.75, 3.05) is 18.5 Å². The van der Waals surface area contributed by atoms with Crippen LogP contribution in [0.1, 0.15) is 0 Å². The van der Waals surface area contributed by atoms with E-state index in [0.717, 1.165) is 5.75 Å². The van der Waals surface area contributed by atoms with Gasteiger partial charge in [-0.15, -0.1) is 0 Å². The predicted molar refractivity (Wildman–Crippen MR) is 124 cm³/mol. The molecule has 29 heavy (non-hydrogen) atoms. The van der Waals surface area contributed by atoms with Gasteiger partial charge in [0.1, 0.15) is 23.8 Å². The average molecular weight is 537 g/mol. The summed E-state index contributed by atoms with van der Waals surface area (Å²) in [6.07, 6.45) is 0. The molecule has 3 nitrogen and oxygen atoms in total. The van der Waals surface area contributed by atoms with Crippen LogP contribution in [0.2, 0.25) is 0 Å². The molecule has 0 N–H and O–H groups in total. The van der Waals surface area contributed by atoms with Crippen LogP contribution in [0.3, 0.4) is 0 Å². The molecule has 3 aromatic carbocycles. The third kappa shape index (κ3) is 6.36. The zero-order chi connectivity index (χ0) is 20.5. The summed E-state index contributed by atoms with van der Waals surface area (Å²) in [5.74, 6) is 0.459. The molecule has 0 spiro atoms. The molecule has 6 heteroatoms. The summed E-state index contributed by atoms with van der Waals surface area (Å²) in [6, 6.07) is 29.2. The van der Waals surface area contributed by atoms with Crippen LogP contribution in [0.25, 0.3) is 0 Å². The molecule has 0 saturated heterocycles. The van der Waals surface area contributed by atoms with E-state index in [1.165, 1.54) is 14.7 Å². The lowest BCUT2D eigenvalue weighted by atomic mass is 10.3. The summed E-state index contributed by atoms with van der Waals surface area (Å²) in [6.45, 7) is 0.532. The molecule has 0 aliphatic heterocycles. The van der Waals surface area contributed by atoms with E-state index >= 15 is 0 Å². The highest BCUT2D eigenvalue weighted by Gasteiger charge is 2.28. The first-order valence-corrected chi connectivity index (χ1v) is 12.4. The van der Waals surface area contributed by atoms with Gasteiger partial charge in [-0.25, -0.2) is 0 Å². The molecule has 0 radical (unpaired) electrons. The number of halogens is 2. The SMILES string of the molecule is O=C(OCCOc1ccc([S+](c2ccccc2)c2ccccc2)cc1)C(Br)CBr. The monoisotopic (exact) mass is 535 g/mol. The van der Waals surface area contributed by atoms with E-state index in [1.807, 2.05) is 24.3 Å². The van der Waals surface area contributed by atoms with Crippen LogP contribution in [0.5, 0.6) is 5.75 Å². The lowest BCUT2D eigenvalue weighted by Crippen LogP contribution is -2.21. The van der Waals surface area contributed by atoms with E-state index in [0.29, 0.717) is 11.9 Å². The highest BCUT2D eigenvalue weighted by atomic mass is 79.9. The number of ether oxygens (including phenoxy) is 2. The predicted octanol–water partition coefficient (Wildman–Crippen LogP) is 5.86. The number of benzene rings is 3. The Morgan fingerprint density at radius 2 is 1.31 bits per heavy atom. The van der Waals surface area contributed by atoms with Crippen LogP contribution in [-0.4, -0.2) is 29.3 Å². The van der Waals surface area contributed by atoms with E-state index in [4.69, 9.17) is 9.47 Å². The average Bonchev–Trinajstić information content (AvgIpc) is 2.78. The maximum absolute atomic E-state index is 11.6. The minimum Gasteiger partial charge on any atom is -0.490 e. The van der Waals surface area contributed by atoms with Gasteiger partial charge in [0.2, 0.25) is 0 Å². The van der Waals surface area contributed by atoms with Crippen molar-refractivity contribution < 1.29 is 14.3 Å². The van der Waals surface area contributed by atoms with Gasteiger partial charge in [-0.05, 0) is 48.5 Å². The highest BCUT2D eigenvalue weighted by Crippen LogP contribution is 2.31. The van der Waals surface area contributed by atoms with Gasteiger partial charge in [-0.3, -0.25) is 4.79 Å². The first-order chi connectivity index (χ1) is 14.2. The quantitative estimate of drug-likeness (QED) is 0.149. The fraction of sp³-hybridized carbons (Fsp3) is 0.174. The Hall–Kier alpha value is -1.76. The van der Waals surface area contributed by atoms with Crippen LogP contribution in [0, 0.1) is 0 Å². The van der Waals surface area contributed by atoms with Gasteiger partial charge >= 0.3 is 5.97 Å². The standard InChI is InChI=1S/C23H21Br2O3S/c24-17-22(25)23(26)28-16-15-27-18-11-13-21(14-12-18)29(19-7-3-1-4-8-19)20-9-5-2-6-10-20/h1-14,22H,15-17H2/q+1. The van der Waals surface area contributed by atoms with E-state index in [1.54, 1.807) is 0 Å². The zero-order valence-electron chi connectivity index (χ0n) is 15.7. The fourth-order valence-electron chi connectivity index (χ4n) is 2.65. The Bertz CT molecular complexity index is 850. The molecule has 0 aliphatic rings. The van der Waals surface area contributed by atoms with Crippen molar-refractivity contribution in [3.63, 3.8) is 0 Å². The van der Waals surface area contributed by atoms with Crippen molar-refractivity contribution in [1.29, 1.82) is 0 Å². The number of carbonyl (C=O) groups excluding carboxylic acids is 1. The number of hydrogen-bond acceptors (Lipinski definition) is 3. The van der Waals surface area contributed by atoms with Crippen LogP contribution in [0.15, 0.2) is 99.6 Å². The minimum atomic E-state index is -0.337. The van der Waals surface area contributed by atoms with Gasteiger partial charge < -0.3 is 9.47 Å². The van der Waals surface area contributed by atoms with Crippen LogP contribution >= 0.6 is 31.9 Å². The van der Waals surface area contributed by atoms with Crippen molar-refractivity contribution in [2.24, 2.45) is 0 Å². The number of carbonyl (C=O) groups is 1. The molecular formula is C23H21Br2O3S+. The smallest absolute Gasteiger partial charge is 0.320 e. The highest BCUT2D eigenvalue weighted by molar-refractivity contribution is 9.12. The summed E-state index contributed by atoms with van der Waals surface area (Å²) in [5.41, 5.74) is 0. The van der Waals surface area contributed by atoms with Crippen LogP contribution < -0.4 is 4.74 Å². The molecular weight excluding hydrogens is 516 g/mol. The van der Waals surface area contributed by atoms with Gasteiger partial charge in [-0.1, -0.05) is 68.3 Å². The van der Waals surface area contributed by atoms with Crippen molar-refractivity contribution >= 4 is 48.7 Å². The fourth-order valence-corrected chi connectivity index (χ4v) is 5.13. The van der Waals surface area contributed by atoms with E-state index in [-0.39, 0.29) is 28.3 Å². The Morgan fingerprint density at radius 3 is 1.83 bits per heavy atom. The molecule has 3 aromatic rings. The summed E-state index contributed by atoms with van der Waals surface area (Å²) in [4.78, 5) is 15.1. The number of hydrogen-bond donors (Lipinski definition) is 0. The third-order valence-corrected chi connectivity index (χ3v) is 8.45. The number of esters is 1. The lowest BCUT2D eigenvalue weighted by molar-refractivity contribution is -0.143. The second-order valence-corrected chi connectivity index (χ2v) is 9.82. The maximum atomic E-state index is 11.6. The Morgan fingerprint density at radius 1 is 0.793 bits per heavy atom. The van der Waals surface area contributed by atoms with Gasteiger partial charge in [0.15, 0.2) is 14.7 Å².